The number of carbonyl (C=O) groups excluding carboxylic acids is 1. The van der Waals surface area contributed by atoms with Gasteiger partial charge in [0.05, 0.1) is 32.1 Å². The van der Waals surface area contributed by atoms with Crippen LogP contribution in [-0.2, 0) is 14.3 Å². The molecule has 6 nitrogen and oxygen atoms in total. The van der Waals surface area contributed by atoms with Crippen molar-refractivity contribution in [1.82, 2.24) is 0 Å². The highest BCUT2D eigenvalue weighted by Gasteiger charge is 2.18. The van der Waals surface area contributed by atoms with Crippen molar-refractivity contribution in [3.05, 3.63) is 90.2 Å². The molecular weight excluding hydrogens is 382 g/mol. The summed E-state index contributed by atoms with van der Waals surface area (Å²) in [5.41, 5.74) is 1.27. The number of ether oxygens (including phenoxy) is 4. The maximum absolute atomic E-state index is 12.1. The fourth-order valence-corrected chi connectivity index (χ4v) is 2.72. The van der Waals surface area contributed by atoms with Crippen LogP contribution < -0.4 is 9.47 Å². The van der Waals surface area contributed by atoms with Crippen LogP contribution in [0.15, 0.2) is 79.1 Å². The Balaban J connectivity index is 1.87. The number of esters is 1. The number of nitriles is 1. The zero-order valence-electron chi connectivity index (χ0n) is 16.5. The van der Waals surface area contributed by atoms with Gasteiger partial charge in [-0.2, -0.15) is 5.26 Å². The zero-order valence-corrected chi connectivity index (χ0v) is 16.5. The third-order valence-corrected chi connectivity index (χ3v) is 4.05. The number of methoxy groups -OCH3 is 2. The molecule has 6 heteroatoms. The second-order valence-corrected chi connectivity index (χ2v) is 6.07. The summed E-state index contributed by atoms with van der Waals surface area (Å²) in [7, 11) is 2.76. The fraction of sp³-hybridized carbons (Fsp3) is 0.0833. The van der Waals surface area contributed by atoms with E-state index in [0.717, 1.165) is 0 Å². The molecule has 3 aromatic carbocycles. The standard InChI is InChI=1S/C24H19NO5/c1-27-16-22(24(26)28-2)21-11-3-4-12-23(21)30-20-10-6-9-19(14-20)29-18-8-5-7-17(13-18)15-25/h3-14,16H,1-2H3/b22-16+. The number of rotatable bonds is 7. The van der Waals surface area contributed by atoms with E-state index in [0.29, 0.717) is 34.1 Å². The average Bonchev–Trinajstić information content (AvgIpc) is 2.78. The van der Waals surface area contributed by atoms with Gasteiger partial charge in [0.25, 0.3) is 0 Å². The van der Waals surface area contributed by atoms with E-state index in [9.17, 15) is 4.79 Å². The fourth-order valence-electron chi connectivity index (χ4n) is 2.72. The topological polar surface area (TPSA) is 77.8 Å². The van der Waals surface area contributed by atoms with E-state index >= 15 is 0 Å². The molecule has 0 bridgehead atoms. The predicted octanol–water partition coefficient (Wildman–Crippen LogP) is 5.30. The Morgan fingerprint density at radius 1 is 0.867 bits per heavy atom. The van der Waals surface area contributed by atoms with Gasteiger partial charge in [-0.15, -0.1) is 0 Å². The van der Waals surface area contributed by atoms with Crippen LogP contribution in [0.25, 0.3) is 5.57 Å². The average molecular weight is 401 g/mol. The van der Waals surface area contributed by atoms with E-state index in [1.165, 1.54) is 20.5 Å². The minimum atomic E-state index is -0.539. The van der Waals surface area contributed by atoms with Gasteiger partial charge in [0, 0.05) is 11.6 Å². The molecule has 0 amide bonds. The molecule has 0 aliphatic carbocycles. The molecule has 0 saturated carbocycles. The van der Waals surface area contributed by atoms with Gasteiger partial charge in [-0.3, -0.25) is 0 Å². The first kappa shape index (κ1) is 20.5. The minimum Gasteiger partial charge on any atom is -0.503 e. The molecule has 3 aromatic rings. The molecule has 150 valence electrons. The van der Waals surface area contributed by atoms with Gasteiger partial charge in [-0.1, -0.05) is 30.3 Å². The Hall–Kier alpha value is -4.24. The van der Waals surface area contributed by atoms with Crippen LogP contribution >= 0.6 is 0 Å². The number of benzene rings is 3. The van der Waals surface area contributed by atoms with Crippen LogP contribution in [0.1, 0.15) is 11.1 Å². The first-order valence-electron chi connectivity index (χ1n) is 9.01. The first-order valence-corrected chi connectivity index (χ1v) is 9.01. The number of hydrogen-bond acceptors (Lipinski definition) is 6. The van der Waals surface area contributed by atoms with Crippen molar-refractivity contribution in [2.75, 3.05) is 14.2 Å². The SMILES string of the molecule is CO/C=C(/C(=O)OC)c1ccccc1Oc1cccc(Oc2cccc(C#N)c2)c1. The van der Waals surface area contributed by atoms with Gasteiger partial charge in [0.2, 0.25) is 0 Å². The van der Waals surface area contributed by atoms with Crippen LogP contribution in [0.3, 0.4) is 0 Å². The number of hydrogen-bond donors (Lipinski definition) is 0. The second-order valence-electron chi connectivity index (χ2n) is 6.07. The summed E-state index contributed by atoms with van der Waals surface area (Å²) in [5.74, 6) is 1.51. The molecule has 0 unspecified atom stereocenters. The Labute approximate surface area is 174 Å². The highest BCUT2D eigenvalue weighted by molar-refractivity contribution is 6.17. The lowest BCUT2D eigenvalue weighted by atomic mass is 10.1. The smallest absolute Gasteiger partial charge is 0.341 e. The lowest BCUT2D eigenvalue weighted by Gasteiger charge is -2.13. The van der Waals surface area contributed by atoms with Crippen molar-refractivity contribution in [2.45, 2.75) is 0 Å². The summed E-state index contributed by atoms with van der Waals surface area (Å²) >= 11 is 0. The third-order valence-electron chi connectivity index (χ3n) is 4.05. The van der Waals surface area contributed by atoms with Crippen molar-refractivity contribution < 1.29 is 23.7 Å². The molecule has 0 aromatic heterocycles. The maximum atomic E-state index is 12.1. The molecule has 0 saturated heterocycles. The van der Waals surface area contributed by atoms with Crippen LogP contribution in [0.5, 0.6) is 23.0 Å². The van der Waals surface area contributed by atoms with E-state index in [-0.39, 0.29) is 5.57 Å². The summed E-state index contributed by atoms with van der Waals surface area (Å²) in [4.78, 5) is 12.1. The molecule has 0 aliphatic rings. The van der Waals surface area contributed by atoms with Crippen molar-refractivity contribution in [1.29, 1.82) is 5.26 Å². The Kier molecular flexibility index (Phi) is 6.70. The van der Waals surface area contributed by atoms with Gasteiger partial charge >= 0.3 is 5.97 Å². The summed E-state index contributed by atoms with van der Waals surface area (Å²) in [6.45, 7) is 0. The lowest BCUT2D eigenvalue weighted by Crippen LogP contribution is -2.05. The molecule has 3 rings (SSSR count). The van der Waals surface area contributed by atoms with E-state index in [1.807, 2.05) is 0 Å². The monoisotopic (exact) mass is 401 g/mol. The highest BCUT2D eigenvalue weighted by Crippen LogP contribution is 2.33. The molecule has 0 aliphatic heterocycles. The quantitative estimate of drug-likeness (QED) is 0.304. The summed E-state index contributed by atoms with van der Waals surface area (Å²) in [5, 5.41) is 9.03. The number of carbonyl (C=O) groups is 1. The molecule has 0 spiro atoms. The van der Waals surface area contributed by atoms with E-state index in [4.69, 9.17) is 24.2 Å². The van der Waals surface area contributed by atoms with Crippen molar-refractivity contribution >= 4 is 11.5 Å². The van der Waals surface area contributed by atoms with Crippen LogP contribution in [0.4, 0.5) is 0 Å². The van der Waals surface area contributed by atoms with Gasteiger partial charge in [0.1, 0.15) is 28.6 Å². The van der Waals surface area contributed by atoms with Crippen LogP contribution in [-0.4, -0.2) is 20.2 Å². The largest absolute Gasteiger partial charge is 0.503 e. The molecule has 0 atom stereocenters. The predicted molar refractivity (Wildman–Crippen MR) is 111 cm³/mol. The maximum Gasteiger partial charge on any atom is 0.341 e. The van der Waals surface area contributed by atoms with Crippen molar-refractivity contribution in [2.24, 2.45) is 0 Å². The Morgan fingerprint density at radius 3 is 2.23 bits per heavy atom. The van der Waals surface area contributed by atoms with Gasteiger partial charge in [-0.25, -0.2) is 4.79 Å². The molecule has 0 fully saturated rings. The summed E-state index contributed by atoms with van der Waals surface area (Å²) < 4.78 is 21.7. The van der Waals surface area contributed by atoms with Gasteiger partial charge in [-0.05, 0) is 36.4 Å². The minimum absolute atomic E-state index is 0.233. The third kappa shape index (κ3) is 4.97. The highest BCUT2D eigenvalue weighted by atomic mass is 16.5. The molecular formula is C24H19NO5. The zero-order chi connectivity index (χ0) is 21.3. The summed E-state index contributed by atoms with van der Waals surface area (Å²) in [6, 6.07) is 23.1. The van der Waals surface area contributed by atoms with Crippen molar-refractivity contribution in [3.63, 3.8) is 0 Å². The van der Waals surface area contributed by atoms with Gasteiger partial charge < -0.3 is 18.9 Å². The van der Waals surface area contributed by atoms with E-state index in [2.05, 4.69) is 6.07 Å². The normalized spacial score (nSPS) is 10.6. The summed E-state index contributed by atoms with van der Waals surface area (Å²) in [6.07, 6.45) is 1.32. The second kappa shape index (κ2) is 9.80. The van der Waals surface area contributed by atoms with Gasteiger partial charge in [0.15, 0.2) is 0 Å². The molecule has 0 N–H and O–H groups in total. The molecule has 0 radical (unpaired) electrons. The van der Waals surface area contributed by atoms with Crippen LogP contribution in [0, 0.1) is 11.3 Å². The number of nitrogens with zero attached hydrogens (tertiary/aromatic N) is 1. The van der Waals surface area contributed by atoms with Crippen LogP contribution in [0.2, 0.25) is 0 Å². The number of para-hydroxylation sites is 1. The lowest BCUT2D eigenvalue weighted by molar-refractivity contribution is -0.133. The Morgan fingerprint density at radius 2 is 1.53 bits per heavy atom. The first-order chi connectivity index (χ1) is 14.6. The Bertz CT molecular complexity index is 1110. The van der Waals surface area contributed by atoms with E-state index < -0.39 is 5.97 Å². The molecule has 0 heterocycles. The van der Waals surface area contributed by atoms with Crippen molar-refractivity contribution in [3.8, 4) is 29.1 Å². The molecule has 30 heavy (non-hydrogen) atoms. The van der Waals surface area contributed by atoms with E-state index in [1.54, 1.807) is 72.8 Å².